The molecule has 1 saturated heterocycles. The van der Waals surface area contributed by atoms with Crippen LogP contribution < -0.4 is 16.8 Å². The predicted molar refractivity (Wildman–Crippen MR) is 131 cm³/mol. The van der Waals surface area contributed by atoms with Crippen molar-refractivity contribution in [3.63, 3.8) is 0 Å². The van der Waals surface area contributed by atoms with Crippen molar-refractivity contribution in [1.29, 1.82) is 0 Å². The van der Waals surface area contributed by atoms with Crippen LogP contribution >= 0.6 is 11.6 Å². The molecule has 0 spiro atoms. The lowest BCUT2D eigenvalue weighted by atomic mass is 10.0. The number of morpholine rings is 1. The Balaban J connectivity index is 1.56. The molecule has 0 aliphatic carbocycles. The molecule has 1 amide bonds. The summed E-state index contributed by atoms with van der Waals surface area (Å²) in [6.07, 6.45) is -2.89. The van der Waals surface area contributed by atoms with Gasteiger partial charge in [-0.15, -0.1) is 0 Å². The molecule has 7 nitrogen and oxygen atoms in total. The van der Waals surface area contributed by atoms with E-state index >= 15 is 0 Å². The van der Waals surface area contributed by atoms with Gasteiger partial charge in [-0.25, -0.2) is 0 Å². The van der Waals surface area contributed by atoms with Crippen molar-refractivity contribution in [2.45, 2.75) is 12.7 Å². The maximum absolute atomic E-state index is 13.6. The van der Waals surface area contributed by atoms with E-state index in [2.05, 4.69) is 5.32 Å². The number of nitrogens with one attached hydrogen (secondary N) is 1. The van der Waals surface area contributed by atoms with Crippen molar-refractivity contribution in [3.05, 3.63) is 87.3 Å². The van der Waals surface area contributed by atoms with Crippen LogP contribution in [0.1, 0.15) is 27.0 Å². The van der Waals surface area contributed by atoms with Gasteiger partial charge in [-0.3, -0.25) is 4.79 Å². The minimum atomic E-state index is -4.52. The average molecular weight is 522 g/mol. The van der Waals surface area contributed by atoms with E-state index in [0.29, 0.717) is 67.7 Å². The summed E-state index contributed by atoms with van der Waals surface area (Å²) in [7, 11) is 0. The number of hydrogen-bond acceptors (Lipinski definition) is 6. The minimum absolute atomic E-state index is 0.0418. The first-order valence-corrected chi connectivity index (χ1v) is 11.8. The van der Waals surface area contributed by atoms with Crippen LogP contribution in [-0.2, 0) is 17.5 Å². The van der Waals surface area contributed by atoms with Crippen molar-refractivity contribution in [2.75, 3.05) is 39.4 Å². The molecule has 2 aliphatic rings. The maximum atomic E-state index is 13.6. The molecule has 0 aromatic heterocycles. The lowest BCUT2D eigenvalue weighted by Crippen LogP contribution is -2.41. The number of allylic oxidation sites excluding steroid dienone is 1. The predicted octanol–water partition coefficient (Wildman–Crippen LogP) is 3.36. The molecule has 4 rings (SSSR count). The van der Waals surface area contributed by atoms with Gasteiger partial charge in [-0.05, 0) is 47.5 Å². The number of nitrogens with two attached hydrogens (primary N) is 2. The summed E-state index contributed by atoms with van der Waals surface area (Å²) in [4.78, 5) is 16.1. The highest BCUT2D eigenvalue weighted by molar-refractivity contribution is 6.30. The number of amides is 1. The zero-order valence-electron chi connectivity index (χ0n) is 19.4. The summed E-state index contributed by atoms with van der Waals surface area (Å²) in [6.45, 7) is 2.94. The van der Waals surface area contributed by atoms with Gasteiger partial charge in [0.1, 0.15) is 5.82 Å². The molecule has 0 saturated carbocycles. The van der Waals surface area contributed by atoms with Crippen molar-refractivity contribution in [3.8, 4) is 0 Å². The number of halogens is 4. The lowest BCUT2D eigenvalue weighted by Gasteiger charge is -2.33. The summed E-state index contributed by atoms with van der Waals surface area (Å²) in [5.74, 6) is 0.225. The Bertz CT molecular complexity index is 1180. The highest BCUT2D eigenvalue weighted by Gasteiger charge is 2.34. The van der Waals surface area contributed by atoms with Crippen molar-refractivity contribution >= 4 is 23.2 Å². The highest BCUT2D eigenvalue weighted by Crippen LogP contribution is 2.34. The van der Waals surface area contributed by atoms with Gasteiger partial charge in [0.05, 0.1) is 24.5 Å². The molecule has 1 fully saturated rings. The average Bonchev–Trinajstić information content (AvgIpc) is 2.85. The largest absolute Gasteiger partial charge is 0.416 e. The molecule has 11 heteroatoms. The Labute approximate surface area is 212 Å². The Kier molecular flexibility index (Phi) is 7.65. The van der Waals surface area contributed by atoms with Crippen LogP contribution in [0.4, 0.5) is 13.2 Å². The molecule has 192 valence electrons. The molecule has 0 unspecified atom stereocenters. The number of nitrogens with zero attached hydrogens (tertiary/aromatic N) is 2. The number of rotatable bonds is 5. The fourth-order valence-corrected chi connectivity index (χ4v) is 4.40. The second-order valence-corrected chi connectivity index (χ2v) is 8.96. The fourth-order valence-electron chi connectivity index (χ4n) is 4.20. The van der Waals surface area contributed by atoms with Gasteiger partial charge in [0.25, 0.3) is 5.91 Å². The number of carbonyl (C=O) groups is 1. The third kappa shape index (κ3) is 5.88. The summed E-state index contributed by atoms with van der Waals surface area (Å²) in [6, 6.07) is 10.4. The third-order valence-corrected chi connectivity index (χ3v) is 6.34. The van der Waals surface area contributed by atoms with Crippen LogP contribution in [-0.4, -0.2) is 55.1 Å². The molecule has 0 bridgehead atoms. The van der Waals surface area contributed by atoms with Gasteiger partial charge in [0, 0.05) is 49.0 Å². The summed E-state index contributed by atoms with van der Waals surface area (Å²) in [5.41, 5.74) is 13.8. The van der Waals surface area contributed by atoms with E-state index < -0.39 is 11.7 Å². The molecule has 2 aromatic rings. The van der Waals surface area contributed by atoms with Crippen LogP contribution in [0, 0.1) is 0 Å². The van der Waals surface area contributed by atoms with E-state index in [1.54, 1.807) is 40.1 Å². The van der Waals surface area contributed by atoms with Crippen LogP contribution in [0.2, 0.25) is 5.02 Å². The van der Waals surface area contributed by atoms with E-state index in [1.807, 2.05) is 0 Å². The topological polar surface area (TPSA) is 96.8 Å². The van der Waals surface area contributed by atoms with Gasteiger partial charge in [-0.1, -0.05) is 23.7 Å². The van der Waals surface area contributed by atoms with Crippen LogP contribution in [0.15, 0.2) is 60.1 Å². The third-order valence-electron chi connectivity index (χ3n) is 6.10. The van der Waals surface area contributed by atoms with Gasteiger partial charge in [-0.2, -0.15) is 13.2 Å². The zero-order valence-corrected chi connectivity index (χ0v) is 20.2. The second-order valence-electron chi connectivity index (χ2n) is 8.53. The quantitative estimate of drug-likeness (QED) is 0.558. The molecule has 2 aromatic carbocycles. The zero-order chi connectivity index (χ0) is 25.9. The smallest absolute Gasteiger partial charge is 0.398 e. The molecule has 5 N–H and O–H groups in total. The number of alkyl halides is 3. The normalized spacial score (nSPS) is 17.3. The molecule has 2 heterocycles. The van der Waals surface area contributed by atoms with Crippen LogP contribution in [0.3, 0.4) is 0 Å². The number of carbonyl (C=O) groups excluding carboxylic acids is 1. The maximum Gasteiger partial charge on any atom is 0.416 e. The first kappa shape index (κ1) is 25.7. The van der Waals surface area contributed by atoms with E-state index in [1.165, 1.54) is 12.1 Å². The fraction of sp³-hybridized carbons (Fsp3) is 0.320. The molecule has 36 heavy (non-hydrogen) atoms. The Hall–Kier alpha value is -3.37. The van der Waals surface area contributed by atoms with Gasteiger partial charge < -0.3 is 31.3 Å². The Morgan fingerprint density at radius 1 is 1.08 bits per heavy atom. The number of hydrogen-bond donors (Lipinski definition) is 3. The van der Waals surface area contributed by atoms with E-state index in [-0.39, 0.29) is 23.0 Å². The molecule has 2 aliphatic heterocycles. The van der Waals surface area contributed by atoms with Gasteiger partial charge in [0.15, 0.2) is 0 Å². The van der Waals surface area contributed by atoms with Gasteiger partial charge in [0.2, 0.25) is 0 Å². The monoisotopic (exact) mass is 521 g/mol. The lowest BCUT2D eigenvalue weighted by molar-refractivity contribution is -0.138. The van der Waals surface area contributed by atoms with Crippen molar-refractivity contribution < 1.29 is 22.7 Å². The summed E-state index contributed by atoms with van der Waals surface area (Å²) >= 11 is 6.00. The first-order valence-electron chi connectivity index (χ1n) is 11.4. The minimum Gasteiger partial charge on any atom is -0.398 e. The first-order chi connectivity index (χ1) is 17.1. The van der Waals surface area contributed by atoms with E-state index in [4.69, 9.17) is 27.8 Å². The second kappa shape index (κ2) is 10.7. The Morgan fingerprint density at radius 2 is 1.75 bits per heavy atom. The van der Waals surface area contributed by atoms with Crippen molar-refractivity contribution in [1.82, 2.24) is 15.1 Å². The molecular formula is C25H27ClF3N5O2. The van der Waals surface area contributed by atoms with Crippen molar-refractivity contribution in [2.24, 2.45) is 11.5 Å². The van der Waals surface area contributed by atoms with E-state index in [0.717, 1.165) is 6.07 Å². The standard InChI is InChI=1S/C25H27ClF3N5O2/c26-19-5-6-20(25(27,28)29)18(13-19)15-34-8-7-32-23(31)22(34)14-21(30)16-1-3-17(4-2-16)24(35)33-9-11-36-12-10-33/h1-6,13-14,32H,7-12,15,30-31H2/b21-14-. The summed E-state index contributed by atoms with van der Waals surface area (Å²) in [5, 5.41) is 3.24. The number of benzene rings is 2. The summed E-state index contributed by atoms with van der Waals surface area (Å²) < 4.78 is 46.0. The van der Waals surface area contributed by atoms with E-state index in [9.17, 15) is 18.0 Å². The molecular weight excluding hydrogens is 495 g/mol. The van der Waals surface area contributed by atoms with Crippen LogP contribution in [0.25, 0.3) is 5.70 Å². The SMILES string of the molecule is NC1=C(/C=C(\N)c2ccc(C(=O)N3CCOCC3)cc2)N(Cc2cc(Cl)ccc2C(F)(F)F)CCN1. The van der Waals surface area contributed by atoms with Crippen LogP contribution in [0.5, 0.6) is 0 Å². The Morgan fingerprint density at radius 3 is 2.42 bits per heavy atom. The highest BCUT2D eigenvalue weighted by atomic mass is 35.5. The molecule has 0 atom stereocenters. The van der Waals surface area contributed by atoms with Gasteiger partial charge >= 0.3 is 6.18 Å². The number of ether oxygens (including phenoxy) is 1. The molecule has 0 radical (unpaired) electrons.